The highest BCUT2D eigenvalue weighted by Crippen LogP contribution is 2.28. The van der Waals surface area contributed by atoms with Gasteiger partial charge in [0.1, 0.15) is 13.2 Å². The molecule has 0 spiro atoms. The van der Waals surface area contributed by atoms with E-state index in [1.807, 2.05) is 0 Å². The Balaban J connectivity index is 1.83. The van der Waals surface area contributed by atoms with Crippen molar-refractivity contribution >= 4 is 22.6 Å². The maximum Gasteiger partial charge on any atom is 0.217 e. The quantitative estimate of drug-likeness (QED) is 0.818. The highest BCUT2D eigenvalue weighted by Gasteiger charge is 2.29. The van der Waals surface area contributed by atoms with Crippen LogP contribution in [0, 0.1) is 11.8 Å². The molecule has 0 N–H and O–H groups in total. The van der Waals surface area contributed by atoms with Crippen molar-refractivity contribution in [3.63, 3.8) is 0 Å². The molecule has 0 aromatic heterocycles. The van der Waals surface area contributed by atoms with Crippen molar-refractivity contribution in [1.82, 2.24) is 0 Å². The molecule has 2 aromatic rings. The molecule has 4 rings (SSSR count). The molecule has 4 nitrogen and oxygen atoms in total. The molecular weight excluding hydrogens is 324 g/mol. The van der Waals surface area contributed by atoms with Crippen LogP contribution in [0.5, 0.6) is 0 Å². The van der Waals surface area contributed by atoms with Crippen molar-refractivity contribution in [3.8, 4) is 0 Å². The molecule has 0 bridgehead atoms. The minimum absolute atomic E-state index is 0.208. The summed E-state index contributed by atoms with van der Waals surface area (Å²) in [6.45, 7) is 10.00. The average Bonchev–Trinajstić information content (AvgIpc) is 3.30. The molecule has 0 amide bonds. The van der Waals surface area contributed by atoms with E-state index in [1.54, 1.807) is 0 Å². The monoisotopic (exact) mass is 350 g/mol. The Morgan fingerprint density at radius 3 is 1.54 bits per heavy atom. The SMILES string of the molecule is CC(C)C1COC(c2cc3ccccc3cc2C2=NC(C(C)C)CO2)=N1. The Bertz CT molecular complexity index is 810. The van der Waals surface area contributed by atoms with Crippen molar-refractivity contribution in [3.05, 3.63) is 47.5 Å². The van der Waals surface area contributed by atoms with Gasteiger partial charge in [-0.25, -0.2) is 9.98 Å². The van der Waals surface area contributed by atoms with Crippen molar-refractivity contribution in [2.45, 2.75) is 39.8 Å². The summed E-state index contributed by atoms with van der Waals surface area (Å²) in [5, 5.41) is 2.34. The van der Waals surface area contributed by atoms with Crippen molar-refractivity contribution in [2.75, 3.05) is 13.2 Å². The maximum atomic E-state index is 5.98. The van der Waals surface area contributed by atoms with Gasteiger partial charge in [-0.15, -0.1) is 0 Å². The Hall–Kier alpha value is -2.36. The van der Waals surface area contributed by atoms with E-state index in [-0.39, 0.29) is 12.1 Å². The van der Waals surface area contributed by atoms with Crippen LogP contribution < -0.4 is 0 Å². The molecule has 2 heterocycles. The molecule has 0 fully saturated rings. The highest BCUT2D eigenvalue weighted by molar-refractivity contribution is 6.11. The number of fused-ring (bicyclic) bond motifs is 1. The molecule has 2 aromatic carbocycles. The summed E-state index contributed by atoms with van der Waals surface area (Å²) in [7, 11) is 0. The topological polar surface area (TPSA) is 43.2 Å². The van der Waals surface area contributed by atoms with Gasteiger partial charge in [0.05, 0.1) is 12.1 Å². The first-order valence-corrected chi connectivity index (χ1v) is 9.47. The summed E-state index contributed by atoms with van der Waals surface area (Å²) in [6.07, 6.45) is 0. The van der Waals surface area contributed by atoms with Crippen LogP contribution in [0.4, 0.5) is 0 Å². The van der Waals surface area contributed by atoms with E-state index >= 15 is 0 Å². The van der Waals surface area contributed by atoms with Gasteiger partial charge in [-0.3, -0.25) is 0 Å². The Labute approximate surface area is 154 Å². The van der Waals surface area contributed by atoms with E-state index in [0.717, 1.165) is 11.1 Å². The maximum absolute atomic E-state index is 5.98. The lowest BCUT2D eigenvalue weighted by molar-refractivity contribution is 0.289. The van der Waals surface area contributed by atoms with Gasteiger partial charge in [-0.2, -0.15) is 0 Å². The number of nitrogens with zero attached hydrogens (tertiary/aromatic N) is 2. The van der Waals surface area contributed by atoms with E-state index < -0.39 is 0 Å². The summed E-state index contributed by atoms with van der Waals surface area (Å²) in [4.78, 5) is 9.67. The molecule has 0 saturated heterocycles. The molecule has 4 heteroatoms. The van der Waals surface area contributed by atoms with E-state index in [2.05, 4.69) is 64.1 Å². The number of rotatable bonds is 4. The zero-order valence-electron chi connectivity index (χ0n) is 15.9. The average molecular weight is 350 g/mol. The minimum Gasteiger partial charge on any atom is -0.475 e. The Morgan fingerprint density at radius 1 is 0.769 bits per heavy atom. The lowest BCUT2D eigenvalue weighted by Crippen LogP contribution is -2.13. The van der Waals surface area contributed by atoms with Gasteiger partial charge in [-0.1, -0.05) is 52.0 Å². The Kier molecular flexibility index (Phi) is 4.43. The third-order valence-corrected chi connectivity index (χ3v) is 5.23. The molecule has 2 unspecified atom stereocenters. The smallest absolute Gasteiger partial charge is 0.217 e. The fourth-order valence-electron chi connectivity index (χ4n) is 3.35. The molecule has 0 saturated carbocycles. The molecule has 2 atom stereocenters. The van der Waals surface area contributed by atoms with Gasteiger partial charge in [0.2, 0.25) is 11.8 Å². The summed E-state index contributed by atoms with van der Waals surface area (Å²) in [5.41, 5.74) is 1.96. The van der Waals surface area contributed by atoms with Crippen LogP contribution in [0.2, 0.25) is 0 Å². The van der Waals surface area contributed by atoms with Gasteiger partial charge >= 0.3 is 0 Å². The van der Waals surface area contributed by atoms with E-state index in [1.165, 1.54) is 10.8 Å². The zero-order chi connectivity index (χ0) is 18.3. The van der Waals surface area contributed by atoms with Crippen LogP contribution in [0.15, 0.2) is 46.4 Å². The lowest BCUT2D eigenvalue weighted by atomic mass is 10.00. The third kappa shape index (κ3) is 3.09. The Morgan fingerprint density at radius 2 is 1.19 bits per heavy atom. The van der Waals surface area contributed by atoms with Gasteiger partial charge < -0.3 is 9.47 Å². The van der Waals surface area contributed by atoms with E-state index in [0.29, 0.717) is 36.8 Å². The molecule has 0 aliphatic carbocycles. The van der Waals surface area contributed by atoms with Crippen LogP contribution in [-0.2, 0) is 9.47 Å². The fraction of sp³-hybridized carbons (Fsp3) is 0.455. The van der Waals surface area contributed by atoms with Crippen LogP contribution in [0.25, 0.3) is 10.8 Å². The normalized spacial score (nSPS) is 22.5. The highest BCUT2D eigenvalue weighted by atomic mass is 16.5. The summed E-state index contributed by atoms with van der Waals surface area (Å²) in [5.74, 6) is 2.34. The zero-order valence-corrected chi connectivity index (χ0v) is 15.9. The van der Waals surface area contributed by atoms with Gasteiger partial charge in [0.15, 0.2) is 0 Å². The summed E-state index contributed by atoms with van der Waals surface area (Å²) in [6, 6.07) is 13.1. The van der Waals surface area contributed by atoms with Gasteiger partial charge in [0.25, 0.3) is 0 Å². The number of hydrogen-bond donors (Lipinski definition) is 0. The van der Waals surface area contributed by atoms with Crippen molar-refractivity contribution in [1.29, 1.82) is 0 Å². The predicted octanol–water partition coefficient (Wildman–Crippen LogP) is 4.44. The largest absolute Gasteiger partial charge is 0.475 e. The first-order valence-electron chi connectivity index (χ1n) is 9.47. The van der Waals surface area contributed by atoms with Crippen LogP contribution >= 0.6 is 0 Å². The molecule has 26 heavy (non-hydrogen) atoms. The van der Waals surface area contributed by atoms with Crippen LogP contribution in [0.3, 0.4) is 0 Å². The second-order valence-electron chi connectivity index (χ2n) is 7.86. The van der Waals surface area contributed by atoms with Crippen molar-refractivity contribution in [2.24, 2.45) is 21.8 Å². The lowest BCUT2D eigenvalue weighted by Gasteiger charge is -2.11. The predicted molar refractivity (Wildman–Crippen MR) is 106 cm³/mol. The van der Waals surface area contributed by atoms with Gasteiger partial charge in [-0.05, 0) is 34.7 Å². The van der Waals surface area contributed by atoms with E-state index in [9.17, 15) is 0 Å². The minimum atomic E-state index is 0.208. The fourth-order valence-corrected chi connectivity index (χ4v) is 3.35. The number of ether oxygens (including phenoxy) is 2. The number of hydrogen-bond acceptors (Lipinski definition) is 4. The summed E-state index contributed by atoms with van der Waals surface area (Å²) >= 11 is 0. The second kappa shape index (κ2) is 6.75. The molecule has 0 radical (unpaired) electrons. The molecule has 136 valence electrons. The van der Waals surface area contributed by atoms with Crippen LogP contribution in [-0.4, -0.2) is 37.1 Å². The number of aliphatic imine (C=N–C) groups is 2. The van der Waals surface area contributed by atoms with E-state index in [4.69, 9.17) is 19.5 Å². The number of benzene rings is 2. The second-order valence-corrected chi connectivity index (χ2v) is 7.86. The standard InChI is InChI=1S/C22H26N2O2/c1-13(2)19-11-25-21(23-19)17-9-15-7-5-6-8-16(15)10-18(17)22-24-20(12-26-22)14(3)4/h5-10,13-14,19-20H,11-12H2,1-4H3. The molecular formula is C22H26N2O2. The van der Waals surface area contributed by atoms with Crippen molar-refractivity contribution < 1.29 is 9.47 Å². The molecule has 2 aliphatic heterocycles. The third-order valence-electron chi connectivity index (χ3n) is 5.23. The molecule has 2 aliphatic rings. The first-order chi connectivity index (χ1) is 12.5. The van der Waals surface area contributed by atoms with Gasteiger partial charge in [0, 0.05) is 11.1 Å². The first kappa shape index (κ1) is 17.1. The summed E-state index contributed by atoms with van der Waals surface area (Å²) < 4.78 is 12.0. The van der Waals surface area contributed by atoms with Crippen LogP contribution in [0.1, 0.15) is 38.8 Å².